The Bertz CT molecular complexity index is 598. The summed E-state index contributed by atoms with van der Waals surface area (Å²) in [5.41, 5.74) is 8.41. The number of nitrogens with two attached hydrogens (primary N) is 1. The van der Waals surface area contributed by atoms with Gasteiger partial charge in [0, 0.05) is 35.4 Å². The van der Waals surface area contributed by atoms with Crippen molar-refractivity contribution in [3.63, 3.8) is 0 Å². The van der Waals surface area contributed by atoms with Crippen LogP contribution >= 0.6 is 11.6 Å². The van der Waals surface area contributed by atoms with Gasteiger partial charge in [0.2, 0.25) is 0 Å². The van der Waals surface area contributed by atoms with Crippen molar-refractivity contribution in [1.29, 1.82) is 0 Å². The highest BCUT2D eigenvalue weighted by molar-refractivity contribution is 6.30. The van der Waals surface area contributed by atoms with E-state index in [1.807, 2.05) is 30.3 Å². The number of likely N-dealkylation sites (tertiary alicyclic amines) is 1. The average Bonchev–Trinajstić information content (AvgIpc) is 2.49. The maximum atomic E-state index is 10.9. The van der Waals surface area contributed by atoms with Crippen LogP contribution < -0.4 is 5.73 Å². The molecule has 4 heteroatoms. The Morgan fingerprint density at radius 2 is 1.82 bits per heavy atom. The number of halogens is 1. The molecule has 0 bridgehead atoms. The third-order valence-electron chi connectivity index (χ3n) is 4.85. The molecular formula is C18H23ClN2O. The van der Waals surface area contributed by atoms with Crippen molar-refractivity contribution < 1.29 is 5.11 Å². The van der Waals surface area contributed by atoms with Crippen LogP contribution in [-0.4, -0.2) is 23.1 Å². The van der Waals surface area contributed by atoms with Gasteiger partial charge in [-0.15, -0.1) is 0 Å². The molecule has 3 nitrogen and oxygen atoms in total. The van der Waals surface area contributed by atoms with Crippen molar-refractivity contribution in [2.45, 2.75) is 31.8 Å². The summed E-state index contributed by atoms with van der Waals surface area (Å²) in [4.78, 5) is 2.39. The lowest BCUT2D eigenvalue weighted by Gasteiger charge is -2.42. The summed E-state index contributed by atoms with van der Waals surface area (Å²) in [5, 5.41) is 11.6. The molecule has 1 heterocycles. The van der Waals surface area contributed by atoms with E-state index in [-0.39, 0.29) is 0 Å². The van der Waals surface area contributed by atoms with Crippen molar-refractivity contribution in [1.82, 2.24) is 4.90 Å². The molecule has 0 radical (unpaired) electrons. The summed E-state index contributed by atoms with van der Waals surface area (Å²) < 4.78 is 0. The minimum absolute atomic E-state index is 0.451. The van der Waals surface area contributed by atoms with Gasteiger partial charge in [-0.05, 0) is 49.1 Å². The van der Waals surface area contributed by atoms with Crippen LogP contribution in [0.1, 0.15) is 31.7 Å². The molecule has 0 saturated carbocycles. The average molecular weight is 319 g/mol. The third-order valence-corrected chi connectivity index (χ3v) is 5.10. The van der Waals surface area contributed by atoms with E-state index in [1.54, 1.807) is 0 Å². The SMILES string of the molecule is C[C@@H]1CC(N)=CC=C1N1CCC(O)(c2ccc(Cl)cc2)CC1. The summed E-state index contributed by atoms with van der Waals surface area (Å²) in [6.07, 6.45) is 6.53. The maximum Gasteiger partial charge on any atom is 0.0930 e. The fourth-order valence-corrected chi connectivity index (χ4v) is 3.61. The standard InChI is InChI=1S/C18H23ClN2O/c1-13-12-16(20)6-7-17(13)21-10-8-18(22,9-11-21)14-2-4-15(19)5-3-14/h2-7,13,22H,8-12,20H2,1H3/t13-/m1/s1. The summed E-state index contributed by atoms with van der Waals surface area (Å²) in [6, 6.07) is 7.56. The zero-order chi connectivity index (χ0) is 15.7. The fourth-order valence-electron chi connectivity index (χ4n) is 3.48. The first kappa shape index (κ1) is 15.4. The Hall–Kier alpha value is -1.45. The van der Waals surface area contributed by atoms with Crippen LogP contribution in [0.25, 0.3) is 0 Å². The van der Waals surface area contributed by atoms with E-state index in [9.17, 15) is 5.11 Å². The molecule has 1 fully saturated rings. The molecule has 1 atom stereocenters. The number of nitrogens with zero attached hydrogens (tertiary/aromatic N) is 1. The molecule has 3 N–H and O–H groups in total. The van der Waals surface area contributed by atoms with E-state index in [0.717, 1.165) is 43.6 Å². The van der Waals surface area contributed by atoms with Gasteiger partial charge < -0.3 is 15.7 Å². The van der Waals surface area contributed by atoms with Gasteiger partial charge in [0.1, 0.15) is 0 Å². The molecule has 0 aromatic heterocycles. The van der Waals surface area contributed by atoms with E-state index in [4.69, 9.17) is 17.3 Å². The number of hydrogen-bond acceptors (Lipinski definition) is 3. The molecule has 0 amide bonds. The number of aliphatic hydroxyl groups is 1. The second kappa shape index (κ2) is 5.98. The topological polar surface area (TPSA) is 49.5 Å². The molecule has 3 rings (SSSR count). The first-order chi connectivity index (χ1) is 10.5. The van der Waals surface area contributed by atoms with Gasteiger partial charge in [-0.3, -0.25) is 0 Å². The molecule has 22 heavy (non-hydrogen) atoms. The Morgan fingerprint density at radius 1 is 1.18 bits per heavy atom. The van der Waals surface area contributed by atoms with Crippen LogP contribution in [-0.2, 0) is 5.60 Å². The highest BCUT2D eigenvalue weighted by Crippen LogP contribution is 2.36. The Balaban J connectivity index is 1.71. The van der Waals surface area contributed by atoms with Gasteiger partial charge in [0.15, 0.2) is 0 Å². The van der Waals surface area contributed by atoms with Gasteiger partial charge in [0.25, 0.3) is 0 Å². The lowest BCUT2D eigenvalue weighted by atomic mass is 9.83. The molecule has 1 aromatic carbocycles. The van der Waals surface area contributed by atoms with Crippen molar-refractivity contribution >= 4 is 11.6 Å². The van der Waals surface area contributed by atoms with Gasteiger partial charge >= 0.3 is 0 Å². The van der Waals surface area contributed by atoms with Crippen LogP contribution in [0.2, 0.25) is 5.02 Å². The van der Waals surface area contributed by atoms with E-state index in [1.165, 1.54) is 5.70 Å². The predicted octanol–water partition coefficient (Wildman–Crippen LogP) is 3.39. The molecule has 1 aliphatic carbocycles. The van der Waals surface area contributed by atoms with E-state index < -0.39 is 5.60 Å². The number of piperidine rings is 1. The van der Waals surface area contributed by atoms with Gasteiger partial charge in [-0.25, -0.2) is 0 Å². The van der Waals surface area contributed by atoms with Crippen LogP contribution in [0.3, 0.4) is 0 Å². The molecule has 1 aliphatic heterocycles. The summed E-state index contributed by atoms with van der Waals surface area (Å²) in [5.74, 6) is 0.451. The van der Waals surface area contributed by atoms with Gasteiger partial charge in [-0.1, -0.05) is 30.7 Å². The Labute approximate surface area is 137 Å². The van der Waals surface area contributed by atoms with Crippen molar-refractivity contribution in [3.8, 4) is 0 Å². The minimum atomic E-state index is -0.742. The molecule has 0 spiro atoms. The molecule has 118 valence electrons. The number of benzene rings is 1. The molecule has 1 aromatic rings. The summed E-state index contributed by atoms with van der Waals surface area (Å²) in [7, 11) is 0. The van der Waals surface area contributed by atoms with Crippen LogP contribution in [0.5, 0.6) is 0 Å². The van der Waals surface area contributed by atoms with Crippen molar-refractivity contribution in [2.24, 2.45) is 11.7 Å². The molecule has 2 aliphatic rings. The second-order valence-corrected chi connectivity index (χ2v) is 6.90. The first-order valence-corrected chi connectivity index (χ1v) is 8.25. The van der Waals surface area contributed by atoms with Gasteiger partial charge in [0.05, 0.1) is 5.60 Å². The monoisotopic (exact) mass is 318 g/mol. The predicted molar refractivity (Wildman–Crippen MR) is 90.3 cm³/mol. The van der Waals surface area contributed by atoms with E-state index in [0.29, 0.717) is 10.9 Å². The zero-order valence-corrected chi connectivity index (χ0v) is 13.7. The van der Waals surface area contributed by atoms with Crippen molar-refractivity contribution in [2.75, 3.05) is 13.1 Å². The quantitative estimate of drug-likeness (QED) is 0.878. The molecular weight excluding hydrogens is 296 g/mol. The highest BCUT2D eigenvalue weighted by Gasteiger charge is 2.35. The first-order valence-electron chi connectivity index (χ1n) is 7.87. The van der Waals surface area contributed by atoms with Crippen LogP contribution in [0.4, 0.5) is 0 Å². The minimum Gasteiger partial charge on any atom is -0.402 e. The van der Waals surface area contributed by atoms with Crippen LogP contribution in [0.15, 0.2) is 47.8 Å². The summed E-state index contributed by atoms with van der Waals surface area (Å²) in [6.45, 7) is 3.94. The summed E-state index contributed by atoms with van der Waals surface area (Å²) >= 11 is 5.94. The third kappa shape index (κ3) is 3.01. The second-order valence-electron chi connectivity index (χ2n) is 6.46. The smallest absolute Gasteiger partial charge is 0.0930 e. The maximum absolute atomic E-state index is 10.9. The molecule has 0 unspecified atom stereocenters. The largest absolute Gasteiger partial charge is 0.402 e. The normalized spacial score (nSPS) is 24.7. The molecule has 1 saturated heterocycles. The lowest BCUT2D eigenvalue weighted by Crippen LogP contribution is -2.43. The number of hydrogen-bond donors (Lipinski definition) is 2. The van der Waals surface area contributed by atoms with Crippen molar-refractivity contribution in [3.05, 3.63) is 58.4 Å². The number of rotatable bonds is 2. The van der Waals surface area contributed by atoms with Crippen LogP contribution in [0, 0.1) is 5.92 Å². The van der Waals surface area contributed by atoms with E-state index >= 15 is 0 Å². The highest BCUT2D eigenvalue weighted by atomic mass is 35.5. The van der Waals surface area contributed by atoms with Gasteiger partial charge in [-0.2, -0.15) is 0 Å². The Morgan fingerprint density at radius 3 is 2.41 bits per heavy atom. The Kier molecular flexibility index (Phi) is 4.20. The van der Waals surface area contributed by atoms with E-state index in [2.05, 4.69) is 17.9 Å². The zero-order valence-electron chi connectivity index (χ0n) is 12.9. The number of allylic oxidation sites excluding steroid dienone is 4. The lowest BCUT2D eigenvalue weighted by molar-refractivity contribution is -0.0205. The fraction of sp³-hybridized carbons (Fsp3) is 0.444.